The van der Waals surface area contributed by atoms with E-state index in [1.165, 1.54) is 11.8 Å². The summed E-state index contributed by atoms with van der Waals surface area (Å²) in [6.45, 7) is 1.92. The minimum atomic E-state index is -1.80. The molecule has 1 heterocycles. The number of carbonyl (C=O) groups is 2. The largest absolute Gasteiger partial charge is 0.491 e. The SMILES string of the molecule is CC(=O)C[C@@]1(O)C(=O)N(CCOc2cccc3ccccc23)c2ccccc21. The number of hydrogen-bond acceptors (Lipinski definition) is 4. The highest BCUT2D eigenvalue weighted by Crippen LogP contribution is 2.42. The van der Waals surface area contributed by atoms with E-state index in [2.05, 4.69) is 0 Å². The number of ketones is 1. The number of aliphatic hydroxyl groups is 1. The highest BCUT2D eigenvalue weighted by molar-refractivity contribution is 6.08. The molecule has 0 radical (unpaired) electrons. The van der Waals surface area contributed by atoms with Gasteiger partial charge in [0.2, 0.25) is 0 Å². The minimum absolute atomic E-state index is 0.233. The predicted molar refractivity (Wildman–Crippen MR) is 107 cm³/mol. The highest BCUT2D eigenvalue weighted by atomic mass is 16.5. The topological polar surface area (TPSA) is 66.8 Å². The summed E-state index contributed by atoms with van der Waals surface area (Å²) in [5.74, 6) is 0.0296. The summed E-state index contributed by atoms with van der Waals surface area (Å²) in [6, 6.07) is 20.8. The molecule has 5 nitrogen and oxygen atoms in total. The van der Waals surface area contributed by atoms with Crippen LogP contribution in [0.3, 0.4) is 0 Å². The molecule has 1 aliphatic rings. The van der Waals surface area contributed by atoms with Gasteiger partial charge in [-0.15, -0.1) is 0 Å². The molecule has 142 valence electrons. The first-order chi connectivity index (χ1) is 13.5. The number of Topliss-reactive ketones (excluding diaryl/α,β-unsaturated/α-hetero) is 1. The second-order valence-electron chi connectivity index (χ2n) is 7.04. The van der Waals surface area contributed by atoms with E-state index in [9.17, 15) is 14.7 Å². The van der Waals surface area contributed by atoms with Crippen molar-refractivity contribution in [1.29, 1.82) is 0 Å². The van der Waals surface area contributed by atoms with Crippen LogP contribution in [0.1, 0.15) is 18.9 Å². The van der Waals surface area contributed by atoms with E-state index < -0.39 is 11.5 Å². The lowest BCUT2D eigenvalue weighted by molar-refractivity contribution is -0.141. The molecule has 5 heteroatoms. The molecular formula is C23H21NO4. The van der Waals surface area contributed by atoms with E-state index >= 15 is 0 Å². The first kappa shape index (κ1) is 18.2. The van der Waals surface area contributed by atoms with Crippen molar-refractivity contribution in [2.45, 2.75) is 18.9 Å². The fraction of sp³-hybridized carbons (Fsp3) is 0.217. The lowest BCUT2D eigenvalue weighted by atomic mass is 9.90. The Hall–Kier alpha value is -3.18. The summed E-state index contributed by atoms with van der Waals surface area (Å²) in [6.07, 6.45) is -0.233. The summed E-state index contributed by atoms with van der Waals surface area (Å²) < 4.78 is 5.95. The van der Waals surface area contributed by atoms with E-state index in [1.807, 2.05) is 48.5 Å². The summed E-state index contributed by atoms with van der Waals surface area (Å²) in [7, 11) is 0. The first-order valence-corrected chi connectivity index (χ1v) is 9.24. The molecule has 1 aliphatic heterocycles. The van der Waals surface area contributed by atoms with Crippen LogP contribution in [0.2, 0.25) is 0 Å². The molecule has 0 bridgehead atoms. The molecule has 3 aromatic rings. The van der Waals surface area contributed by atoms with Crippen molar-refractivity contribution in [3.8, 4) is 5.75 Å². The molecule has 0 spiro atoms. The monoisotopic (exact) mass is 375 g/mol. The number of carbonyl (C=O) groups excluding carboxylic acids is 2. The molecule has 0 saturated heterocycles. The Morgan fingerprint density at radius 2 is 1.75 bits per heavy atom. The highest BCUT2D eigenvalue weighted by Gasteiger charge is 2.50. The smallest absolute Gasteiger partial charge is 0.264 e. The molecule has 0 fully saturated rings. The van der Waals surface area contributed by atoms with Crippen molar-refractivity contribution in [3.05, 3.63) is 72.3 Å². The van der Waals surface area contributed by atoms with Crippen molar-refractivity contribution in [1.82, 2.24) is 0 Å². The number of hydrogen-bond donors (Lipinski definition) is 1. The van der Waals surface area contributed by atoms with Crippen LogP contribution in [0.5, 0.6) is 5.75 Å². The number of nitrogens with zero attached hydrogens (tertiary/aromatic N) is 1. The van der Waals surface area contributed by atoms with Crippen molar-refractivity contribution in [2.24, 2.45) is 0 Å². The Labute approximate surface area is 163 Å². The van der Waals surface area contributed by atoms with Crippen LogP contribution in [0.15, 0.2) is 66.7 Å². The molecule has 0 unspecified atom stereocenters. The van der Waals surface area contributed by atoms with E-state index in [-0.39, 0.29) is 25.4 Å². The zero-order valence-corrected chi connectivity index (χ0v) is 15.6. The Morgan fingerprint density at radius 1 is 1.04 bits per heavy atom. The third-order valence-electron chi connectivity index (χ3n) is 5.07. The van der Waals surface area contributed by atoms with Gasteiger partial charge in [0.05, 0.1) is 12.2 Å². The van der Waals surface area contributed by atoms with Crippen LogP contribution in [0.4, 0.5) is 5.69 Å². The van der Waals surface area contributed by atoms with Gasteiger partial charge < -0.3 is 14.7 Å². The number of rotatable bonds is 6. The molecular weight excluding hydrogens is 354 g/mol. The standard InChI is InChI=1S/C23H21NO4/c1-16(25)15-23(27)19-10-4-5-11-20(19)24(22(23)26)13-14-28-21-12-6-8-17-7-2-3-9-18(17)21/h2-12,27H,13-15H2,1H3/t23-/m0/s1. The van der Waals surface area contributed by atoms with Gasteiger partial charge in [0, 0.05) is 17.4 Å². The Balaban J connectivity index is 1.55. The molecule has 0 saturated carbocycles. The number of ether oxygens (including phenoxy) is 1. The van der Waals surface area contributed by atoms with Crippen LogP contribution >= 0.6 is 0 Å². The maximum absolute atomic E-state index is 12.9. The Kier molecular flexibility index (Phi) is 4.61. The van der Waals surface area contributed by atoms with Gasteiger partial charge in [-0.25, -0.2) is 0 Å². The predicted octanol–water partition coefficient (Wildman–Crippen LogP) is 3.43. The van der Waals surface area contributed by atoms with Crippen molar-refractivity contribution >= 4 is 28.2 Å². The molecule has 0 aliphatic carbocycles. The van der Waals surface area contributed by atoms with Gasteiger partial charge in [0.25, 0.3) is 5.91 Å². The quantitative estimate of drug-likeness (QED) is 0.717. The van der Waals surface area contributed by atoms with Crippen molar-refractivity contribution < 1.29 is 19.4 Å². The average Bonchev–Trinajstić information content (AvgIpc) is 2.89. The second kappa shape index (κ2) is 7.09. The van der Waals surface area contributed by atoms with Crippen LogP contribution in [-0.2, 0) is 15.2 Å². The molecule has 4 rings (SSSR count). The summed E-state index contributed by atoms with van der Waals surface area (Å²) in [5.41, 5.74) is -0.708. The van der Waals surface area contributed by atoms with Gasteiger partial charge in [-0.3, -0.25) is 9.59 Å². The summed E-state index contributed by atoms with van der Waals surface area (Å²) in [4.78, 5) is 26.1. The number of amides is 1. The van der Waals surface area contributed by atoms with Crippen LogP contribution < -0.4 is 9.64 Å². The number of benzene rings is 3. The lowest BCUT2D eigenvalue weighted by Crippen LogP contribution is -2.43. The van der Waals surface area contributed by atoms with Gasteiger partial charge in [-0.2, -0.15) is 0 Å². The molecule has 28 heavy (non-hydrogen) atoms. The second-order valence-corrected chi connectivity index (χ2v) is 7.04. The first-order valence-electron chi connectivity index (χ1n) is 9.24. The van der Waals surface area contributed by atoms with Crippen molar-refractivity contribution in [3.63, 3.8) is 0 Å². The van der Waals surface area contributed by atoms with Gasteiger partial charge >= 0.3 is 0 Å². The zero-order chi connectivity index (χ0) is 19.7. The van der Waals surface area contributed by atoms with E-state index in [1.54, 1.807) is 18.2 Å². The Morgan fingerprint density at radius 3 is 2.57 bits per heavy atom. The van der Waals surface area contributed by atoms with Crippen LogP contribution in [0.25, 0.3) is 10.8 Å². The Bertz CT molecular complexity index is 1060. The van der Waals surface area contributed by atoms with Gasteiger partial charge in [0.1, 0.15) is 18.1 Å². The maximum atomic E-state index is 12.9. The van der Waals surface area contributed by atoms with Gasteiger partial charge in [-0.05, 0) is 24.4 Å². The summed E-state index contributed by atoms with van der Waals surface area (Å²) >= 11 is 0. The fourth-order valence-corrected chi connectivity index (χ4v) is 3.83. The molecule has 0 aromatic heterocycles. The lowest BCUT2D eigenvalue weighted by Gasteiger charge is -2.22. The number of fused-ring (bicyclic) bond motifs is 2. The third kappa shape index (κ3) is 3.04. The summed E-state index contributed by atoms with van der Waals surface area (Å²) in [5, 5.41) is 13.0. The molecule has 1 N–H and O–H groups in total. The molecule has 1 amide bonds. The van der Waals surface area contributed by atoms with Crippen LogP contribution in [-0.4, -0.2) is 29.9 Å². The van der Waals surface area contributed by atoms with E-state index in [4.69, 9.17) is 4.74 Å². The number of anilines is 1. The van der Waals surface area contributed by atoms with E-state index in [0.29, 0.717) is 11.3 Å². The van der Waals surface area contributed by atoms with Gasteiger partial charge in [-0.1, -0.05) is 54.6 Å². The van der Waals surface area contributed by atoms with Crippen LogP contribution in [0, 0.1) is 0 Å². The van der Waals surface area contributed by atoms with Gasteiger partial charge in [0.15, 0.2) is 5.60 Å². The average molecular weight is 375 g/mol. The normalized spacial score (nSPS) is 18.4. The maximum Gasteiger partial charge on any atom is 0.264 e. The van der Waals surface area contributed by atoms with Crippen molar-refractivity contribution in [2.75, 3.05) is 18.1 Å². The third-order valence-corrected chi connectivity index (χ3v) is 5.07. The number of para-hydroxylation sites is 1. The fourth-order valence-electron chi connectivity index (χ4n) is 3.83. The molecule has 1 atom stereocenters. The zero-order valence-electron chi connectivity index (χ0n) is 15.6. The molecule has 3 aromatic carbocycles. The van der Waals surface area contributed by atoms with E-state index in [0.717, 1.165) is 16.5 Å². The minimum Gasteiger partial charge on any atom is -0.491 e.